The molecule has 0 N–H and O–H groups in total. The Labute approximate surface area is 77.5 Å². The Kier molecular flexibility index (Phi) is 1.62. The molecular formula is C9H14N4. The lowest BCUT2D eigenvalue weighted by Gasteiger charge is -2.44. The second kappa shape index (κ2) is 2.80. The van der Waals surface area contributed by atoms with Gasteiger partial charge in [0.2, 0.25) is 0 Å². The molecule has 1 aromatic heterocycles. The summed E-state index contributed by atoms with van der Waals surface area (Å²) in [6, 6.07) is 0.588. The van der Waals surface area contributed by atoms with Gasteiger partial charge in [-0.3, -0.25) is 0 Å². The molecule has 70 valence electrons. The molecular weight excluding hydrogens is 164 g/mol. The van der Waals surface area contributed by atoms with Gasteiger partial charge in [0.05, 0.1) is 12.2 Å². The highest BCUT2D eigenvalue weighted by atomic mass is 15.4. The summed E-state index contributed by atoms with van der Waals surface area (Å²) in [5.74, 6) is 0.840. The van der Waals surface area contributed by atoms with E-state index in [4.69, 9.17) is 0 Å². The molecule has 3 saturated heterocycles. The topological polar surface area (TPSA) is 34.0 Å². The van der Waals surface area contributed by atoms with Crippen molar-refractivity contribution in [2.45, 2.75) is 18.9 Å². The van der Waals surface area contributed by atoms with E-state index >= 15 is 0 Å². The van der Waals surface area contributed by atoms with Crippen molar-refractivity contribution in [1.29, 1.82) is 0 Å². The first kappa shape index (κ1) is 7.50. The number of hydrogen-bond acceptors (Lipinski definition) is 3. The quantitative estimate of drug-likeness (QED) is 0.629. The van der Waals surface area contributed by atoms with Crippen LogP contribution in [0.5, 0.6) is 0 Å². The Morgan fingerprint density at radius 2 is 2.08 bits per heavy atom. The largest absolute Gasteiger partial charge is 0.301 e. The van der Waals surface area contributed by atoms with Crippen LogP contribution in [0.3, 0.4) is 0 Å². The van der Waals surface area contributed by atoms with Crippen molar-refractivity contribution >= 4 is 0 Å². The summed E-state index contributed by atoms with van der Waals surface area (Å²) in [7, 11) is 0. The highest BCUT2D eigenvalue weighted by Gasteiger charge is 2.35. The van der Waals surface area contributed by atoms with Crippen molar-refractivity contribution in [3.8, 4) is 0 Å². The van der Waals surface area contributed by atoms with Crippen LogP contribution in [0.4, 0.5) is 0 Å². The monoisotopic (exact) mass is 178 g/mol. The van der Waals surface area contributed by atoms with Crippen LogP contribution >= 0.6 is 0 Å². The zero-order valence-corrected chi connectivity index (χ0v) is 7.63. The van der Waals surface area contributed by atoms with E-state index in [1.165, 1.54) is 32.5 Å². The van der Waals surface area contributed by atoms with E-state index in [-0.39, 0.29) is 0 Å². The van der Waals surface area contributed by atoms with Gasteiger partial charge in [0.25, 0.3) is 0 Å². The van der Waals surface area contributed by atoms with Crippen LogP contribution < -0.4 is 0 Å². The first-order chi connectivity index (χ1) is 6.43. The van der Waals surface area contributed by atoms with E-state index in [1.54, 1.807) is 6.20 Å². The number of fused-ring (bicyclic) bond motifs is 3. The van der Waals surface area contributed by atoms with Gasteiger partial charge in [-0.1, -0.05) is 5.21 Å². The van der Waals surface area contributed by atoms with Crippen molar-refractivity contribution in [2.24, 2.45) is 5.92 Å². The second-order valence-corrected chi connectivity index (χ2v) is 4.09. The Bertz CT molecular complexity index is 274. The molecule has 1 aromatic rings. The summed E-state index contributed by atoms with van der Waals surface area (Å²) >= 11 is 0. The van der Waals surface area contributed by atoms with Crippen LogP contribution in [-0.2, 0) is 0 Å². The minimum Gasteiger partial charge on any atom is -0.301 e. The molecule has 3 aliphatic heterocycles. The molecule has 4 heteroatoms. The second-order valence-electron chi connectivity index (χ2n) is 4.09. The summed E-state index contributed by atoms with van der Waals surface area (Å²) in [5, 5.41) is 7.97. The van der Waals surface area contributed by atoms with Crippen LogP contribution in [0.15, 0.2) is 12.4 Å². The minimum atomic E-state index is 0.588. The van der Waals surface area contributed by atoms with E-state index < -0.39 is 0 Å². The molecule has 0 radical (unpaired) electrons. The lowest BCUT2D eigenvalue weighted by atomic mass is 9.84. The Hall–Kier alpha value is -0.900. The van der Waals surface area contributed by atoms with Gasteiger partial charge in [0.1, 0.15) is 0 Å². The Morgan fingerprint density at radius 1 is 1.23 bits per heavy atom. The maximum absolute atomic E-state index is 4.10. The standard InChI is InChI=1S/C9H14N4/c1-4-12-5-2-8(1)9(7-12)13-6-3-10-11-13/h3,6,8-9H,1-2,4-5,7H2/t9-/m0/s1. The Balaban J connectivity index is 1.85. The van der Waals surface area contributed by atoms with Crippen LogP contribution in [0, 0.1) is 5.92 Å². The molecule has 1 atom stereocenters. The smallest absolute Gasteiger partial charge is 0.0693 e. The van der Waals surface area contributed by atoms with E-state index in [9.17, 15) is 0 Å². The molecule has 0 aromatic carbocycles. The third kappa shape index (κ3) is 1.16. The van der Waals surface area contributed by atoms with Gasteiger partial charge in [-0.05, 0) is 31.8 Å². The number of nitrogens with zero attached hydrogens (tertiary/aromatic N) is 4. The van der Waals surface area contributed by atoms with Gasteiger partial charge < -0.3 is 4.90 Å². The SMILES string of the molecule is c1cn([C@H]2CN3CCC2CC3)nn1. The Morgan fingerprint density at radius 3 is 2.62 bits per heavy atom. The van der Waals surface area contributed by atoms with E-state index in [2.05, 4.69) is 15.2 Å². The molecule has 4 rings (SSSR count). The summed E-state index contributed by atoms with van der Waals surface area (Å²) < 4.78 is 2.04. The lowest BCUT2D eigenvalue weighted by molar-refractivity contribution is 0.0504. The fraction of sp³-hybridized carbons (Fsp3) is 0.778. The number of hydrogen-bond donors (Lipinski definition) is 0. The average molecular weight is 178 g/mol. The van der Waals surface area contributed by atoms with Gasteiger partial charge >= 0.3 is 0 Å². The fourth-order valence-electron chi connectivity index (χ4n) is 2.63. The molecule has 0 amide bonds. The highest BCUT2D eigenvalue weighted by molar-refractivity contribution is 4.90. The van der Waals surface area contributed by atoms with Gasteiger partial charge in [0.15, 0.2) is 0 Å². The number of rotatable bonds is 1. The maximum atomic E-state index is 4.10. The van der Waals surface area contributed by atoms with Crippen LogP contribution in [-0.4, -0.2) is 39.5 Å². The van der Waals surface area contributed by atoms with Crippen molar-refractivity contribution in [3.63, 3.8) is 0 Å². The van der Waals surface area contributed by atoms with Crippen LogP contribution in [0.2, 0.25) is 0 Å². The van der Waals surface area contributed by atoms with Crippen molar-refractivity contribution in [1.82, 2.24) is 19.9 Å². The molecule has 3 aliphatic rings. The first-order valence-electron chi connectivity index (χ1n) is 5.01. The van der Waals surface area contributed by atoms with Crippen molar-refractivity contribution in [3.05, 3.63) is 12.4 Å². The maximum Gasteiger partial charge on any atom is 0.0693 e. The minimum absolute atomic E-state index is 0.588. The number of piperidine rings is 3. The van der Waals surface area contributed by atoms with Gasteiger partial charge in [0, 0.05) is 12.7 Å². The molecule has 0 spiro atoms. The molecule has 4 nitrogen and oxygen atoms in total. The molecule has 0 saturated carbocycles. The predicted octanol–water partition coefficient (Wildman–Crippen LogP) is 0.545. The molecule has 13 heavy (non-hydrogen) atoms. The van der Waals surface area contributed by atoms with Crippen molar-refractivity contribution in [2.75, 3.05) is 19.6 Å². The summed E-state index contributed by atoms with van der Waals surface area (Å²) in [6.07, 6.45) is 6.44. The van der Waals surface area contributed by atoms with Crippen molar-refractivity contribution < 1.29 is 0 Å². The molecule has 4 heterocycles. The highest BCUT2D eigenvalue weighted by Crippen LogP contribution is 2.34. The van der Waals surface area contributed by atoms with E-state index in [0.717, 1.165) is 5.92 Å². The molecule has 0 aliphatic carbocycles. The van der Waals surface area contributed by atoms with Crippen LogP contribution in [0.1, 0.15) is 18.9 Å². The van der Waals surface area contributed by atoms with E-state index in [0.29, 0.717) is 6.04 Å². The molecule has 2 bridgehead atoms. The lowest BCUT2D eigenvalue weighted by Crippen LogP contribution is -2.48. The number of aromatic nitrogens is 3. The van der Waals surface area contributed by atoms with Crippen LogP contribution in [0.25, 0.3) is 0 Å². The summed E-state index contributed by atoms with van der Waals surface area (Å²) in [6.45, 7) is 3.75. The van der Waals surface area contributed by atoms with Gasteiger partial charge in [-0.2, -0.15) is 0 Å². The van der Waals surface area contributed by atoms with Gasteiger partial charge in [-0.25, -0.2) is 4.68 Å². The zero-order valence-electron chi connectivity index (χ0n) is 7.63. The fourth-order valence-corrected chi connectivity index (χ4v) is 2.63. The van der Waals surface area contributed by atoms with E-state index in [1.807, 2.05) is 10.9 Å². The first-order valence-corrected chi connectivity index (χ1v) is 5.01. The zero-order chi connectivity index (χ0) is 8.67. The summed E-state index contributed by atoms with van der Waals surface area (Å²) in [4.78, 5) is 2.53. The molecule has 3 fully saturated rings. The predicted molar refractivity (Wildman–Crippen MR) is 48.2 cm³/mol. The summed E-state index contributed by atoms with van der Waals surface area (Å²) in [5.41, 5.74) is 0. The third-order valence-electron chi connectivity index (χ3n) is 3.40. The normalized spacial score (nSPS) is 38.0. The third-order valence-corrected chi connectivity index (χ3v) is 3.40. The van der Waals surface area contributed by atoms with Gasteiger partial charge in [-0.15, -0.1) is 5.10 Å². The molecule has 0 unspecified atom stereocenters. The average Bonchev–Trinajstić information content (AvgIpc) is 2.72.